The number of rotatable bonds is 8. The molecule has 124 valence electrons. The number of hydrogen-bond donors (Lipinski definition) is 2. The molecule has 0 aliphatic heterocycles. The van der Waals surface area contributed by atoms with Crippen LogP contribution in [-0.2, 0) is 6.42 Å². The smallest absolute Gasteiger partial charge is 0.190 e. The minimum Gasteiger partial charge on any atom is -0.494 e. The van der Waals surface area contributed by atoms with Crippen molar-refractivity contribution in [2.24, 2.45) is 4.99 Å². The lowest BCUT2D eigenvalue weighted by Gasteiger charge is -2.11. The first-order chi connectivity index (χ1) is 11.3. The van der Waals surface area contributed by atoms with E-state index in [1.807, 2.05) is 37.3 Å². The molecular formula is C17H24N4OS. The first kappa shape index (κ1) is 17.3. The highest BCUT2D eigenvalue weighted by molar-refractivity contribution is 7.09. The van der Waals surface area contributed by atoms with Crippen LogP contribution in [0.3, 0.4) is 0 Å². The van der Waals surface area contributed by atoms with Crippen LogP contribution >= 0.6 is 11.3 Å². The molecule has 2 N–H and O–H groups in total. The van der Waals surface area contributed by atoms with Gasteiger partial charge < -0.3 is 15.4 Å². The number of aryl methyl sites for hydroxylation is 1. The number of para-hydroxylation sites is 1. The molecule has 0 aliphatic carbocycles. The third-order valence-electron chi connectivity index (χ3n) is 3.19. The van der Waals surface area contributed by atoms with Crippen LogP contribution in [0.15, 0.2) is 40.7 Å². The van der Waals surface area contributed by atoms with Gasteiger partial charge in [0.05, 0.1) is 17.3 Å². The second-order valence-electron chi connectivity index (χ2n) is 5.05. The summed E-state index contributed by atoms with van der Waals surface area (Å²) >= 11 is 1.69. The second kappa shape index (κ2) is 9.84. The van der Waals surface area contributed by atoms with Gasteiger partial charge in [-0.3, -0.25) is 4.99 Å². The van der Waals surface area contributed by atoms with Crippen LogP contribution in [0.25, 0.3) is 0 Å². The van der Waals surface area contributed by atoms with Gasteiger partial charge in [0.15, 0.2) is 5.96 Å². The highest BCUT2D eigenvalue weighted by atomic mass is 32.1. The van der Waals surface area contributed by atoms with Crippen molar-refractivity contribution in [3.05, 3.63) is 46.4 Å². The van der Waals surface area contributed by atoms with Crippen LogP contribution in [0.2, 0.25) is 0 Å². The van der Waals surface area contributed by atoms with Crippen molar-refractivity contribution >= 4 is 17.3 Å². The van der Waals surface area contributed by atoms with Crippen LogP contribution in [0.4, 0.5) is 0 Å². The molecule has 0 saturated carbocycles. The van der Waals surface area contributed by atoms with E-state index in [2.05, 4.69) is 26.0 Å². The van der Waals surface area contributed by atoms with E-state index in [4.69, 9.17) is 4.74 Å². The van der Waals surface area contributed by atoms with E-state index in [9.17, 15) is 0 Å². The molecule has 0 radical (unpaired) electrons. The molecule has 1 aromatic heterocycles. The van der Waals surface area contributed by atoms with Gasteiger partial charge in [-0.1, -0.05) is 18.2 Å². The number of hydrogen-bond acceptors (Lipinski definition) is 4. The normalized spacial score (nSPS) is 11.3. The molecule has 0 spiro atoms. The number of guanidine groups is 1. The molecular weight excluding hydrogens is 308 g/mol. The molecule has 0 aliphatic rings. The Bertz CT molecular complexity index is 598. The first-order valence-electron chi connectivity index (χ1n) is 7.81. The largest absolute Gasteiger partial charge is 0.494 e. The lowest BCUT2D eigenvalue weighted by Crippen LogP contribution is -2.39. The summed E-state index contributed by atoms with van der Waals surface area (Å²) in [6, 6.07) is 9.87. The van der Waals surface area contributed by atoms with Crippen LogP contribution in [0, 0.1) is 6.92 Å². The summed E-state index contributed by atoms with van der Waals surface area (Å²) in [7, 11) is 1.78. The summed E-state index contributed by atoms with van der Waals surface area (Å²) in [6.45, 7) is 4.36. The standard InChI is InChI=1S/C17H24N4OS/c1-14-21-15(13-23-14)9-11-20-17(18-2)19-10-6-12-22-16-7-4-3-5-8-16/h3-5,7-8,13H,6,9-12H2,1-2H3,(H2,18,19,20). The maximum atomic E-state index is 5.66. The highest BCUT2D eigenvalue weighted by Crippen LogP contribution is 2.08. The molecule has 0 bridgehead atoms. The summed E-state index contributed by atoms with van der Waals surface area (Å²) in [6.07, 6.45) is 1.82. The molecule has 6 heteroatoms. The maximum absolute atomic E-state index is 5.66. The third-order valence-corrected chi connectivity index (χ3v) is 4.01. The van der Waals surface area contributed by atoms with Gasteiger partial charge in [-0.2, -0.15) is 0 Å². The molecule has 2 rings (SSSR count). The summed E-state index contributed by atoms with van der Waals surface area (Å²) in [5.74, 6) is 1.73. The first-order valence-corrected chi connectivity index (χ1v) is 8.69. The summed E-state index contributed by atoms with van der Waals surface area (Å²) in [4.78, 5) is 8.67. The molecule has 0 atom stereocenters. The van der Waals surface area contributed by atoms with E-state index in [-0.39, 0.29) is 0 Å². The lowest BCUT2D eigenvalue weighted by molar-refractivity contribution is 0.311. The van der Waals surface area contributed by atoms with E-state index in [0.29, 0.717) is 6.61 Å². The van der Waals surface area contributed by atoms with E-state index < -0.39 is 0 Å². The minimum atomic E-state index is 0.687. The van der Waals surface area contributed by atoms with Crippen molar-refractivity contribution in [2.75, 3.05) is 26.7 Å². The molecule has 0 fully saturated rings. The predicted molar refractivity (Wildman–Crippen MR) is 96.5 cm³/mol. The van der Waals surface area contributed by atoms with Gasteiger partial charge in [-0.05, 0) is 25.5 Å². The van der Waals surface area contributed by atoms with Crippen molar-refractivity contribution in [3.63, 3.8) is 0 Å². The number of nitrogens with one attached hydrogen (secondary N) is 2. The molecule has 5 nitrogen and oxygen atoms in total. The lowest BCUT2D eigenvalue weighted by atomic mass is 10.3. The fraction of sp³-hybridized carbons (Fsp3) is 0.412. The van der Waals surface area contributed by atoms with Crippen LogP contribution in [0.1, 0.15) is 17.1 Å². The zero-order valence-electron chi connectivity index (χ0n) is 13.7. The van der Waals surface area contributed by atoms with E-state index in [0.717, 1.165) is 48.3 Å². The molecule has 0 amide bonds. The zero-order chi connectivity index (χ0) is 16.3. The number of ether oxygens (including phenoxy) is 1. The molecule has 2 aromatic rings. The highest BCUT2D eigenvalue weighted by Gasteiger charge is 2.00. The topological polar surface area (TPSA) is 58.5 Å². The molecule has 0 saturated heterocycles. The van der Waals surface area contributed by atoms with Crippen LogP contribution < -0.4 is 15.4 Å². The van der Waals surface area contributed by atoms with Crippen LogP contribution in [0.5, 0.6) is 5.75 Å². The van der Waals surface area contributed by atoms with Gasteiger partial charge in [0.25, 0.3) is 0 Å². The summed E-state index contributed by atoms with van der Waals surface area (Å²) < 4.78 is 5.66. The Balaban J connectivity index is 1.56. The van der Waals surface area contributed by atoms with Gasteiger partial charge in [0.1, 0.15) is 5.75 Å². The van der Waals surface area contributed by atoms with Crippen LogP contribution in [-0.4, -0.2) is 37.7 Å². The second-order valence-corrected chi connectivity index (χ2v) is 6.11. The Morgan fingerprint density at radius 2 is 2.00 bits per heavy atom. The average Bonchev–Trinajstić information content (AvgIpc) is 2.99. The van der Waals surface area contributed by atoms with Crippen molar-refractivity contribution < 1.29 is 4.74 Å². The third kappa shape index (κ3) is 6.69. The molecule has 0 unspecified atom stereocenters. The zero-order valence-corrected chi connectivity index (χ0v) is 14.5. The Hall–Kier alpha value is -2.08. The van der Waals surface area contributed by atoms with E-state index >= 15 is 0 Å². The van der Waals surface area contributed by atoms with Crippen molar-refractivity contribution in [1.82, 2.24) is 15.6 Å². The Labute approximate surface area is 141 Å². The van der Waals surface area contributed by atoms with Crippen molar-refractivity contribution in [3.8, 4) is 5.75 Å². The van der Waals surface area contributed by atoms with Gasteiger partial charge in [-0.25, -0.2) is 4.98 Å². The number of nitrogens with zero attached hydrogens (tertiary/aromatic N) is 2. The Kier molecular flexibility index (Phi) is 7.39. The number of aliphatic imine (C=N–C) groups is 1. The molecule has 1 heterocycles. The summed E-state index contributed by atoms with van der Waals surface area (Å²) in [5, 5.41) is 9.80. The molecule has 1 aromatic carbocycles. The fourth-order valence-corrected chi connectivity index (χ4v) is 2.69. The van der Waals surface area contributed by atoms with Gasteiger partial charge in [-0.15, -0.1) is 11.3 Å². The monoisotopic (exact) mass is 332 g/mol. The fourth-order valence-electron chi connectivity index (χ4n) is 2.04. The Morgan fingerprint density at radius 3 is 2.70 bits per heavy atom. The maximum Gasteiger partial charge on any atom is 0.190 e. The number of benzene rings is 1. The van der Waals surface area contributed by atoms with Gasteiger partial charge in [0, 0.05) is 31.9 Å². The summed E-state index contributed by atoms with van der Waals surface area (Å²) in [5.41, 5.74) is 1.13. The SMILES string of the molecule is CN=C(NCCCOc1ccccc1)NCCc1csc(C)n1. The average molecular weight is 332 g/mol. The predicted octanol–water partition coefficient (Wildman–Crippen LogP) is 2.63. The van der Waals surface area contributed by atoms with E-state index in [1.165, 1.54) is 0 Å². The van der Waals surface area contributed by atoms with Crippen molar-refractivity contribution in [1.29, 1.82) is 0 Å². The minimum absolute atomic E-state index is 0.687. The van der Waals surface area contributed by atoms with Gasteiger partial charge >= 0.3 is 0 Å². The quantitative estimate of drug-likeness (QED) is 0.443. The number of aromatic nitrogens is 1. The molecule has 23 heavy (non-hydrogen) atoms. The van der Waals surface area contributed by atoms with Crippen molar-refractivity contribution in [2.45, 2.75) is 19.8 Å². The number of thiazole rings is 1. The van der Waals surface area contributed by atoms with E-state index in [1.54, 1.807) is 18.4 Å². The van der Waals surface area contributed by atoms with Gasteiger partial charge in [0.2, 0.25) is 0 Å². The Morgan fingerprint density at radius 1 is 1.22 bits per heavy atom.